The van der Waals surface area contributed by atoms with E-state index < -0.39 is 0 Å². The molecule has 12 heavy (non-hydrogen) atoms. The van der Waals surface area contributed by atoms with Crippen molar-refractivity contribution in [3.05, 3.63) is 30.1 Å². The number of hydrogen-bond donors (Lipinski definition) is 0. The minimum atomic E-state index is -0.136. The van der Waals surface area contributed by atoms with Crippen LogP contribution in [0.1, 0.15) is 0 Å². The van der Waals surface area contributed by atoms with Crippen LogP contribution < -0.4 is 0 Å². The SMILES string of the molecule is Fc1ccccc1SCC1CO1. The van der Waals surface area contributed by atoms with Gasteiger partial charge < -0.3 is 4.74 Å². The van der Waals surface area contributed by atoms with E-state index >= 15 is 0 Å². The number of epoxide rings is 1. The summed E-state index contributed by atoms with van der Waals surface area (Å²) in [4.78, 5) is 0.716. The Kier molecular flexibility index (Phi) is 2.33. The van der Waals surface area contributed by atoms with Crippen molar-refractivity contribution < 1.29 is 9.13 Å². The highest BCUT2D eigenvalue weighted by atomic mass is 32.2. The first-order valence-electron chi connectivity index (χ1n) is 3.85. The lowest BCUT2D eigenvalue weighted by Gasteiger charge is -1.99. The molecule has 2 rings (SSSR count). The molecular weight excluding hydrogens is 175 g/mol. The summed E-state index contributed by atoms with van der Waals surface area (Å²) in [5, 5.41) is 0. The number of hydrogen-bond acceptors (Lipinski definition) is 2. The normalized spacial score (nSPS) is 20.9. The van der Waals surface area contributed by atoms with Crippen LogP contribution >= 0.6 is 11.8 Å². The van der Waals surface area contributed by atoms with Crippen LogP contribution in [0, 0.1) is 5.82 Å². The molecule has 64 valence electrons. The molecule has 0 bridgehead atoms. The maximum absolute atomic E-state index is 13.0. The number of rotatable bonds is 3. The molecule has 1 aromatic rings. The molecule has 0 radical (unpaired) electrons. The molecule has 0 aliphatic carbocycles. The fourth-order valence-corrected chi connectivity index (χ4v) is 1.85. The van der Waals surface area contributed by atoms with Gasteiger partial charge in [0.05, 0.1) is 12.7 Å². The first-order chi connectivity index (χ1) is 5.86. The third-order valence-electron chi connectivity index (χ3n) is 1.66. The minimum absolute atomic E-state index is 0.136. The molecule has 0 spiro atoms. The average molecular weight is 184 g/mol. The fourth-order valence-electron chi connectivity index (χ4n) is 0.909. The Morgan fingerprint density at radius 2 is 2.25 bits per heavy atom. The summed E-state index contributed by atoms with van der Waals surface area (Å²) < 4.78 is 18.0. The molecule has 0 amide bonds. The van der Waals surface area contributed by atoms with Gasteiger partial charge in [-0.25, -0.2) is 4.39 Å². The molecule has 1 atom stereocenters. The van der Waals surface area contributed by atoms with Crippen molar-refractivity contribution in [2.75, 3.05) is 12.4 Å². The van der Waals surface area contributed by atoms with Crippen molar-refractivity contribution in [1.82, 2.24) is 0 Å². The largest absolute Gasteiger partial charge is 0.372 e. The van der Waals surface area contributed by atoms with Gasteiger partial charge in [0.2, 0.25) is 0 Å². The molecule has 0 N–H and O–H groups in total. The number of thioether (sulfide) groups is 1. The van der Waals surface area contributed by atoms with E-state index in [4.69, 9.17) is 4.74 Å². The Morgan fingerprint density at radius 1 is 1.50 bits per heavy atom. The Labute approximate surface area is 74.9 Å². The van der Waals surface area contributed by atoms with E-state index in [9.17, 15) is 4.39 Å². The molecule has 1 fully saturated rings. The van der Waals surface area contributed by atoms with E-state index in [1.54, 1.807) is 12.1 Å². The lowest BCUT2D eigenvalue weighted by molar-refractivity contribution is 0.426. The van der Waals surface area contributed by atoms with Gasteiger partial charge in [0.25, 0.3) is 0 Å². The molecule has 3 heteroatoms. The van der Waals surface area contributed by atoms with Crippen molar-refractivity contribution in [2.24, 2.45) is 0 Å². The van der Waals surface area contributed by atoms with Crippen LogP contribution in [0.4, 0.5) is 4.39 Å². The van der Waals surface area contributed by atoms with Crippen molar-refractivity contribution >= 4 is 11.8 Å². The lowest BCUT2D eigenvalue weighted by atomic mass is 10.3. The van der Waals surface area contributed by atoms with Crippen molar-refractivity contribution in [1.29, 1.82) is 0 Å². The zero-order valence-electron chi connectivity index (χ0n) is 6.50. The van der Waals surface area contributed by atoms with Crippen LogP contribution in [0.2, 0.25) is 0 Å². The second-order valence-electron chi connectivity index (χ2n) is 2.70. The third-order valence-corrected chi connectivity index (χ3v) is 2.84. The molecule has 1 aliphatic rings. The van der Waals surface area contributed by atoms with Gasteiger partial charge in [0, 0.05) is 10.6 Å². The summed E-state index contributed by atoms with van der Waals surface area (Å²) in [6.07, 6.45) is 0.356. The maximum atomic E-state index is 13.0. The van der Waals surface area contributed by atoms with Gasteiger partial charge in [-0.15, -0.1) is 11.8 Å². The summed E-state index contributed by atoms with van der Waals surface area (Å²) in [5.74, 6) is 0.726. The number of halogens is 1. The second-order valence-corrected chi connectivity index (χ2v) is 3.76. The number of benzene rings is 1. The van der Waals surface area contributed by atoms with E-state index in [0.717, 1.165) is 12.4 Å². The van der Waals surface area contributed by atoms with Gasteiger partial charge in [-0.1, -0.05) is 12.1 Å². The van der Waals surface area contributed by atoms with Crippen LogP contribution in [-0.4, -0.2) is 18.5 Å². The molecule has 1 aromatic carbocycles. The predicted molar refractivity (Wildman–Crippen MR) is 46.9 cm³/mol. The minimum Gasteiger partial charge on any atom is -0.372 e. The van der Waals surface area contributed by atoms with Crippen LogP contribution in [0.3, 0.4) is 0 Å². The zero-order chi connectivity index (χ0) is 8.39. The molecule has 0 saturated carbocycles. The summed E-state index contributed by atoms with van der Waals surface area (Å²) in [7, 11) is 0. The van der Waals surface area contributed by atoms with Gasteiger partial charge in [-0.3, -0.25) is 0 Å². The molecule has 1 heterocycles. The Morgan fingerprint density at radius 3 is 2.92 bits per heavy atom. The molecule has 0 aromatic heterocycles. The highest BCUT2D eigenvalue weighted by Gasteiger charge is 2.22. The molecule has 1 aliphatic heterocycles. The first-order valence-corrected chi connectivity index (χ1v) is 4.84. The van der Waals surface area contributed by atoms with Gasteiger partial charge >= 0.3 is 0 Å². The van der Waals surface area contributed by atoms with Gasteiger partial charge in [-0.05, 0) is 12.1 Å². The predicted octanol–water partition coefficient (Wildman–Crippen LogP) is 2.32. The zero-order valence-corrected chi connectivity index (χ0v) is 7.31. The standard InChI is InChI=1S/C9H9FOS/c10-8-3-1-2-4-9(8)12-6-7-5-11-7/h1-4,7H,5-6H2. The van der Waals surface area contributed by atoms with Crippen LogP contribution in [0.25, 0.3) is 0 Å². The van der Waals surface area contributed by atoms with Gasteiger partial charge in [0.15, 0.2) is 0 Å². The highest BCUT2D eigenvalue weighted by molar-refractivity contribution is 7.99. The summed E-state index contributed by atoms with van der Waals surface area (Å²) >= 11 is 1.52. The summed E-state index contributed by atoms with van der Waals surface area (Å²) in [6, 6.07) is 6.82. The van der Waals surface area contributed by atoms with Gasteiger partial charge in [0.1, 0.15) is 5.82 Å². The van der Waals surface area contributed by atoms with Crippen molar-refractivity contribution in [2.45, 2.75) is 11.0 Å². The third kappa shape index (κ3) is 1.99. The quantitative estimate of drug-likeness (QED) is 0.528. The van der Waals surface area contributed by atoms with Gasteiger partial charge in [-0.2, -0.15) is 0 Å². The van der Waals surface area contributed by atoms with Crippen molar-refractivity contribution in [3.8, 4) is 0 Å². The Bertz CT molecular complexity index is 273. The van der Waals surface area contributed by atoms with E-state index in [0.29, 0.717) is 11.0 Å². The fraction of sp³-hybridized carbons (Fsp3) is 0.333. The lowest BCUT2D eigenvalue weighted by Crippen LogP contribution is -1.89. The number of ether oxygens (including phenoxy) is 1. The van der Waals surface area contributed by atoms with E-state index in [1.807, 2.05) is 6.07 Å². The monoisotopic (exact) mass is 184 g/mol. The molecule has 1 unspecified atom stereocenters. The van der Waals surface area contributed by atoms with Crippen LogP contribution in [-0.2, 0) is 4.74 Å². The van der Waals surface area contributed by atoms with E-state index in [-0.39, 0.29) is 5.82 Å². The molecule has 1 nitrogen and oxygen atoms in total. The first kappa shape index (κ1) is 8.08. The molecular formula is C9H9FOS. The van der Waals surface area contributed by atoms with Crippen molar-refractivity contribution in [3.63, 3.8) is 0 Å². The van der Waals surface area contributed by atoms with E-state index in [1.165, 1.54) is 17.8 Å². The average Bonchev–Trinajstić information content (AvgIpc) is 2.86. The molecule has 1 saturated heterocycles. The topological polar surface area (TPSA) is 12.5 Å². The summed E-state index contributed by atoms with van der Waals surface area (Å²) in [6.45, 7) is 0.835. The summed E-state index contributed by atoms with van der Waals surface area (Å²) in [5.41, 5.74) is 0. The van der Waals surface area contributed by atoms with Crippen LogP contribution in [0.15, 0.2) is 29.2 Å². The van der Waals surface area contributed by atoms with E-state index in [2.05, 4.69) is 0 Å². The Hall–Kier alpha value is -0.540. The second kappa shape index (κ2) is 3.46. The maximum Gasteiger partial charge on any atom is 0.136 e. The highest BCUT2D eigenvalue weighted by Crippen LogP contribution is 2.25. The smallest absolute Gasteiger partial charge is 0.136 e. The van der Waals surface area contributed by atoms with Crippen LogP contribution in [0.5, 0.6) is 0 Å². The Balaban J connectivity index is 1.96.